The second-order valence-corrected chi connectivity index (χ2v) is 4.98. The van der Waals surface area contributed by atoms with Gasteiger partial charge in [0.15, 0.2) is 6.61 Å². The molecule has 0 atom stereocenters. The molecule has 1 amide bonds. The van der Waals surface area contributed by atoms with E-state index in [4.69, 9.17) is 4.74 Å². The highest BCUT2D eigenvalue weighted by Crippen LogP contribution is 2.33. The first-order chi connectivity index (χ1) is 10.1. The van der Waals surface area contributed by atoms with Gasteiger partial charge in [0, 0.05) is 0 Å². The van der Waals surface area contributed by atoms with Gasteiger partial charge in [0.1, 0.15) is 11.5 Å². The molecule has 0 unspecified atom stereocenters. The topological polar surface area (TPSA) is 58.6 Å². The summed E-state index contributed by atoms with van der Waals surface area (Å²) >= 11 is 0. The van der Waals surface area contributed by atoms with E-state index >= 15 is 0 Å². The fraction of sp³-hybridized carbons (Fsp3) is 0.118. The monoisotopic (exact) mass is 281 g/mol. The van der Waals surface area contributed by atoms with Gasteiger partial charge in [-0.15, -0.1) is 0 Å². The third-order valence-electron chi connectivity index (χ3n) is 3.28. The van der Waals surface area contributed by atoms with Crippen LogP contribution in [0.15, 0.2) is 36.4 Å². The van der Waals surface area contributed by atoms with E-state index in [0.29, 0.717) is 5.69 Å². The Morgan fingerprint density at radius 3 is 2.62 bits per heavy atom. The maximum atomic E-state index is 11.4. The van der Waals surface area contributed by atoms with Crippen LogP contribution in [-0.2, 0) is 4.79 Å². The van der Waals surface area contributed by atoms with E-state index in [1.165, 1.54) is 0 Å². The van der Waals surface area contributed by atoms with Gasteiger partial charge in [-0.3, -0.25) is 4.79 Å². The van der Waals surface area contributed by atoms with Crippen LogP contribution in [0, 0.1) is 6.92 Å². The smallest absolute Gasteiger partial charge is 0.262 e. The average molecular weight is 281 g/mol. The Hall–Kier alpha value is -2.75. The van der Waals surface area contributed by atoms with Crippen molar-refractivity contribution in [2.24, 2.45) is 0 Å². The molecule has 0 saturated heterocycles. The van der Waals surface area contributed by atoms with Crippen molar-refractivity contribution in [1.82, 2.24) is 0 Å². The molecule has 4 nitrogen and oxygen atoms in total. The molecular weight excluding hydrogens is 266 g/mol. The van der Waals surface area contributed by atoms with Crippen molar-refractivity contribution in [2.45, 2.75) is 6.92 Å². The summed E-state index contributed by atoms with van der Waals surface area (Å²) in [5.74, 6) is 0.842. The number of carbonyl (C=O) groups is 1. The molecule has 1 aliphatic rings. The quantitative estimate of drug-likeness (QED) is 0.831. The molecule has 106 valence electrons. The second-order valence-electron chi connectivity index (χ2n) is 4.98. The third kappa shape index (κ3) is 2.89. The zero-order valence-electron chi connectivity index (χ0n) is 11.6. The molecule has 0 aliphatic carbocycles. The lowest BCUT2D eigenvalue weighted by Gasteiger charge is -2.20. The van der Waals surface area contributed by atoms with Crippen LogP contribution in [0.5, 0.6) is 11.5 Å². The summed E-state index contributed by atoms with van der Waals surface area (Å²) in [5.41, 5.74) is 3.66. The highest BCUT2D eigenvalue weighted by Gasteiger charge is 2.17. The summed E-state index contributed by atoms with van der Waals surface area (Å²) in [7, 11) is 0. The summed E-state index contributed by atoms with van der Waals surface area (Å²) in [6.07, 6.45) is 3.91. The minimum atomic E-state index is -0.137. The number of phenols is 1. The summed E-state index contributed by atoms with van der Waals surface area (Å²) in [4.78, 5) is 11.4. The lowest BCUT2D eigenvalue weighted by atomic mass is 10.1. The summed E-state index contributed by atoms with van der Waals surface area (Å²) in [6, 6.07) is 10.9. The first-order valence-corrected chi connectivity index (χ1v) is 6.66. The molecule has 2 aromatic rings. The van der Waals surface area contributed by atoms with Gasteiger partial charge in [0.2, 0.25) is 0 Å². The number of hydrogen-bond acceptors (Lipinski definition) is 3. The van der Waals surface area contributed by atoms with Crippen molar-refractivity contribution < 1.29 is 14.6 Å². The van der Waals surface area contributed by atoms with Gasteiger partial charge >= 0.3 is 0 Å². The van der Waals surface area contributed by atoms with Crippen molar-refractivity contribution in [3.05, 3.63) is 53.1 Å². The molecule has 4 heteroatoms. The van der Waals surface area contributed by atoms with Crippen LogP contribution in [0.25, 0.3) is 12.2 Å². The molecule has 21 heavy (non-hydrogen) atoms. The largest absolute Gasteiger partial charge is 0.508 e. The first-order valence-electron chi connectivity index (χ1n) is 6.66. The number of rotatable bonds is 2. The van der Waals surface area contributed by atoms with E-state index in [1.54, 1.807) is 12.1 Å². The number of benzene rings is 2. The average Bonchev–Trinajstić information content (AvgIpc) is 2.46. The van der Waals surface area contributed by atoms with Crippen molar-refractivity contribution >= 4 is 23.7 Å². The van der Waals surface area contributed by atoms with Crippen LogP contribution in [0.4, 0.5) is 5.69 Å². The predicted molar refractivity (Wildman–Crippen MR) is 82.3 cm³/mol. The fourth-order valence-corrected chi connectivity index (χ4v) is 2.28. The maximum absolute atomic E-state index is 11.4. The Bertz CT molecular complexity index is 718. The van der Waals surface area contributed by atoms with Gasteiger partial charge in [-0.05, 0) is 47.9 Å². The lowest BCUT2D eigenvalue weighted by molar-refractivity contribution is -0.118. The molecule has 0 aromatic heterocycles. The number of anilines is 1. The van der Waals surface area contributed by atoms with E-state index in [-0.39, 0.29) is 18.3 Å². The Morgan fingerprint density at radius 1 is 1.14 bits per heavy atom. The van der Waals surface area contributed by atoms with E-state index in [9.17, 15) is 9.90 Å². The van der Waals surface area contributed by atoms with Crippen LogP contribution < -0.4 is 10.1 Å². The minimum Gasteiger partial charge on any atom is -0.508 e. The molecule has 2 N–H and O–H groups in total. The SMILES string of the molecule is Cc1cc(C=Cc2ccc(O)cc2)cc2c1OCC(=O)N2. The maximum Gasteiger partial charge on any atom is 0.262 e. The van der Waals surface area contributed by atoms with Gasteiger partial charge in [0.25, 0.3) is 5.91 Å². The zero-order chi connectivity index (χ0) is 14.8. The number of aryl methyl sites for hydroxylation is 1. The zero-order valence-corrected chi connectivity index (χ0v) is 11.6. The number of carbonyl (C=O) groups excluding carboxylic acids is 1. The molecule has 0 radical (unpaired) electrons. The van der Waals surface area contributed by atoms with Gasteiger partial charge < -0.3 is 15.2 Å². The van der Waals surface area contributed by atoms with Gasteiger partial charge in [0.05, 0.1) is 5.69 Å². The summed E-state index contributed by atoms with van der Waals surface area (Å²) < 4.78 is 5.43. The molecule has 0 fully saturated rings. The van der Waals surface area contributed by atoms with E-state index < -0.39 is 0 Å². The van der Waals surface area contributed by atoms with Gasteiger partial charge in [-0.1, -0.05) is 24.3 Å². The standard InChI is InChI=1S/C17H15NO3/c1-11-8-13(3-2-12-4-6-14(19)7-5-12)9-15-17(11)21-10-16(20)18-15/h2-9,19H,10H2,1H3,(H,18,20). The second kappa shape index (κ2) is 5.32. The minimum absolute atomic E-state index is 0.0660. The molecular formula is C17H15NO3. The number of ether oxygens (including phenoxy) is 1. The van der Waals surface area contributed by atoms with Crippen molar-refractivity contribution in [1.29, 1.82) is 0 Å². The molecule has 0 saturated carbocycles. The highest BCUT2D eigenvalue weighted by molar-refractivity contribution is 5.96. The van der Waals surface area contributed by atoms with Crippen LogP contribution >= 0.6 is 0 Å². The molecule has 1 aliphatic heterocycles. The van der Waals surface area contributed by atoms with Gasteiger partial charge in [-0.25, -0.2) is 0 Å². The van der Waals surface area contributed by atoms with Crippen LogP contribution in [0.1, 0.15) is 16.7 Å². The Labute approximate surface area is 122 Å². The molecule has 2 aromatic carbocycles. The molecule has 1 heterocycles. The highest BCUT2D eigenvalue weighted by atomic mass is 16.5. The number of phenolic OH excluding ortho intramolecular Hbond substituents is 1. The van der Waals surface area contributed by atoms with E-state index in [2.05, 4.69) is 5.32 Å². The first kappa shape index (κ1) is 13.2. The molecule has 0 bridgehead atoms. The normalized spacial score (nSPS) is 13.7. The lowest BCUT2D eigenvalue weighted by Crippen LogP contribution is -2.25. The third-order valence-corrected chi connectivity index (χ3v) is 3.28. The van der Waals surface area contributed by atoms with Crippen molar-refractivity contribution in [2.75, 3.05) is 11.9 Å². The fourth-order valence-electron chi connectivity index (χ4n) is 2.28. The molecule has 0 spiro atoms. The van der Waals surface area contributed by atoms with Crippen molar-refractivity contribution in [3.8, 4) is 11.5 Å². The van der Waals surface area contributed by atoms with Crippen LogP contribution in [0.2, 0.25) is 0 Å². The number of hydrogen-bond donors (Lipinski definition) is 2. The summed E-state index contributed by atoms with van der Waals surface area (Å²) in [5, 5.41) is 12.1. The number of fused-ring (bicyclic) bond motifs is 1. The predicted octanol–water partition coefficient (Wildman–Crippen LogP) is 3.20. The Balaban J connectivity index is 1.89. The Kier molecular flexibility index (Phi) is 3.36. The molecule has 3 rings (SSSR count). The van der Waals surface area contributed by atoms with E-state index in [0.717, 1.165) is 22.4 Å². The number of aromatic hydroxyl groups is 1. The van der Waals surface area contributed by atoms with Gasteiger partial charge in [-0.2, -0.15) is 0 Å². The van der Waals surface area contributed by atoms with Crippen molar-refractivity contribution in [3.63, 3.8) is 0 Å². The number of amides is 1. The van der Waals surface area contributed by atoms with Crippen LogP contribution in [-0.4, -0.2) is 17.6 Å². The van der Waals surface area contributed by atoms with E-state index in [1.807, 2.05) is 43.3 Å². The number of nitrogens with one attached hydrogen (secondary N) is 1. The summed E-state index contributed by atoms with van der Waals surface area (Å²) in [6.45, 7) is 2.02. The Morgan fingerprint density at radius 2 is 1.86 bits per heavy atom. The van der Waals surface area contributed by atoms with Crippen LogP contribution in [0.3, 0.4) is 0 Å².